The first kappa shape index (κ1) is 18.2. The van der Waals surface area contributed by atoms with Crippen molar-refractivity contribution in [3.05, 3.63) is 0 Å². The number of methoxy groups -OCH3 is 1. The van der Waals surface area contributed by atoms with Gasteiger partial charge in [0.25, 0.3) is 0 Å². The fourth-order valence-corrected chi connectivity index (χ4v) is 2.75. The zero-order chi connectivity index (χ0) is 13.6. The van der Waals surface area contributed by atoms with E-state index in [1.165, 1.54) is 64.9 Å². The highest BCUT2D eigenvalue weighted by Crippen LogP contribution is 2.15. The van der Waals surface area contributed by atoms with Crippen LogP contribution in [0.3, 0.4) is 0 Å². The molecular formula is C15H29IO2. The number of alkyl halides is 1. The molecular weight excluding hydrogens is 339 g/mol. The summed E-state index contributed by atoms with van der Waals surface area (Å²) in [4.78, 5) is 11.2. The molecule has 0 rings (SSSR count). The van der Waals surface area contributed by atoms with E-state index in [9.17, 15) is 4.79 Å². The predicted molar refractivity (Wildman–Crippen MR) is 86.3 cm³/mol. The Morgan fingerprint density at radius 1 is 0.944 bits per heavy atom. The fraction of sp³-hybridized carbons (Fsp3) is 0.933. The number of hydrogen-bond donors (Lipinski definition) is 0. The number of carbonyl (C=O) groups excluding carboxylic acids is 1. The van der Waals surface area contributed by atoms with Crippen LogP contribution in [-0.4, -0.2) is 17.0 Å². The monoisotopic (exact) mass is 368 g/mol. The van der Waals surface area contributed by atoms with Gasteiger partial charge in [-0.15, -0.1) is 0 Å². The van der Waals surface area contributed by atoms with E-state index in [1.54, 1.807) is 0 Å². The van der Waals surface area contributed by atoms with E-state index in [0.717, 1.165) is 12.8 Å². The summed E-state index contributed by atoms with van der Waals surface area (Å²) >= 11 is 2.18. The molecule has 0 aromatic carbocycles. The average Bonchev–Trinajstić information content (AvgIpc) is 2.39. The Kier molecular flexibility index (Phi) is 13.8. The second-order valence-electron chi connectivity index (χ2n) is 4.96. The molecule has 0 N–H and O–H groups in total. The molecule has 0 amide bonds. The largest absolute Gasteiger partial charge is 0.468 e. The van der Waals surface area contributed by atoms with E-state index < -0.39 is 0 Å². The minimum absolute atomic E-state index is 0.0432. The van der Waals surface area contributed by atoms with E-state index in [4.69, 9.17) is 4.74 Å². The van der Waals surface area contributed by atoms with Gasteiger partial charge in [-0.05, 0) is 6.42 Å². The average molecular weight is 368 g/mol. The molecule has 0 aliphatic heterocycles. The summed E-state index contributed by atoms with van der Waals surface area (Å²) in [6.07, 6.45) is 14.4. The first-order valence-electron chi connectivity index (χ1n) is 7.44. The first-order chi connectivity index (χ1) is 8.72. The molecule has 1 atom stereocenters. The molecule has 0 aliphatic carbocycles. The zero-order valence-electron chi connectivity index (χ0n) is 12.0. The molecule has 0 saturated carbocycles. The van der Waals surface area contributed by atoms with Crippen molar-refractivity contribution in [3.8, 4) is 0 Å². The van der Waals surface area contributed by atoms with Gasteiger partial charge < -0.3 is 4.74 Å². The summed E-state index contributed by atoms with van der Waals surface area (Å²) in [6.45, 7) is 2.26. The smallest absolute Gasteiger partial charge is 0.318 e. The Balaban J connectivity index is 3.14. The summed E-state index contributed by atoms with van der Waals surface area (Å²) in [5.74, 6) is -0.0773. The Morgan fingerprint density at radius 3 is 1.83 bits per heavy atom. The van der Waals surface area contributed by atoms with Gasteiger partial charge in [0, 0.05) is 0 Å². The van der Waals surface area contributed by atoms with Crippen LogP contribution in [0.15, 0.2) is 0 Å². The van der Waals surface area contributed by atoms with Crippen LogP contribution in [0.1, 0.15) is 77.6 Å². The van der Waals surface area contributed by atoms with Crippen LogP contribution < -0.4 is 0 Å². The summed E-state index contributed by atoms with van der Waals surface area (Å²) in [5.41, 5.74) is 0. The van der Waals surface area contributed by atoms with Crippen molar-refractivity contribution in [2.75, 3.05) is 7.11 Å². The highest BCUT2D eigenvalue weighted by atomic mass is 127. The summed E-state index contributed by atoms with van der Waals surface area (Å²) in [6, 6.07) is 0. The van der Waals surface area contributed by atoms with Gasteiger partial charge in [-0.3, -0.25) is 4.79 Å². The van der Waals surface area contributed by atoms with Gasteiger partial charge in [-0.1, -0.05) is 93.7 Å². The minimum atomic E-state index is -0.0773. The number of hydrogen-bond acceptors (Lipinski definition) is 2. The van der Waals surface area contributed by atoms with Crippen molar-refractivity contribution < 1.29 is 9.53 Å². The number of halogens is 1. The number of ether oxygens (including phenoxy) is 1. The fourth-order valence-electron chi connectivity index (χ4n) is 2.06. The highest BCUT2D eigenvalue weighted by molar-refractivity contribution is 14.1. The number of rotatable bonds is 12. The Labute approximate surface area is 126 Å². The van der Waals surface area contributed by atoms with Crippen LogP contribution in [0.5, 0.6) is 0 Å². The van der Waals surface area contributed by atoms with E-state index in [1.807, 2.05) is 0 Å². The SMILES string of the molecule is CCCCCCCCCCCCC(I)C(=O)OC. The van der Waals surface area contributed by atoms with Crippen LogP contribution in [0.25, 0.3) is 0 Å². The molecule has 0 fully saturated rings. The van der Waals surface area contributed by atoms with Crippen molar-refractivity contribution in [1.82, 2.24) is 0 Å². The lowest BCUT2D eigenvalue weighted by molar-refractivity contribution is -0.139. The van der Waals surface area contributed by atoms with Crippen molar-refractivity contribution >= 4 is 28.6 Å². The highest BCUT2D eigenvalue weighted by Gasteiger charge is 2.13. The molecule has 2 nitrogen and oxygen atoms in total. The second-order valence-corrected chi connectivity index (χ2v) is 6.46. The Bertz CT molecular complexity index is 195. The first-order valence-corrected chi connectivity index (χ1v) is 8.68. The summed E-state index contributed by atoms with van der Waals surface area (Å²) in [5, 5.41) is 0. The maximum atomic E-state index is 11.2. The van der Waals surface area contributed by atoms with Crippen LogP contribution >= 0.6 is 22.6 Å². The molecule has 0 radical (unpaired) electrons. The van der Waals surface area contributed by atoms with Gasteiger partial charge in [0.15, 0.2) is 0 Å². The van der Waals surface area contributed by atoms with Crippen LogP contribution in [0, 0.1) is 0 Å². The molecule has 0 bridgehead atoms. The molecule has 0 heterocycles. The Morgan fingerprint density at radius 2 is 1.39 bits per heavy atom. The number of esters is 1. The number of unbranched alkanes of at least 4 members (excludes halogenated alkanes) is 9. The van der Waals surface area contributed by atoms with Crippen LogP contribution in [-0.2, 0) is 9.53 Å². The molecule has 108 valence electrons. The van der Waals surface area contributed by atoms with Gasteiger partial charge in [0.05, 0.1) is 7.11 Å². The topological polar surface area (TPSA) is 26.3 Å². The summed E-state index contributed by atoms with van der Waals surface area (Å²) < 4.78 is 4.75. The molecule has 0 saturated heterocycles. The van der Waals surface area contributed by atoms with Crippen molar-refractivity contribution in [2.45, 2.75) is 81.5 Å². The van der Waals surface area contributed by atoms with Crippen molar-refractivity contribution in [2.24, 2.45) is 0 Å². The van der Waals surface area contributed by atoms with E-state index in [0.29, 0.717) is 0 Å². The van der Waals surface area contributed by atoms with Gasteiger partial charge in [-0.2, -0.15) is 0 Å². The van der Waals surface area contributed by atoms with Gasteiger partial charge in [-0.25, -0.2) is 0 Å². The number of carbonyl (C=O) groups is 1. The van der Waals surface area contributed by atoms with Crippen LogP contribution in [0.2, 0.25) is 0 Å². The lowest BCUT2D eigenvalue weighted by Gasteiger charge is -2.07. The molecule has 3 heteroatoms. The molecule has 18 heavy (non-hydrogen) atoms. The standard InChI is InChI=1S/C15H29IO2/c1-3-4-5-6-7-8-9-10-11-12-13-14(16)15(17)18-2/h14H,3-13H2,1-2H3. The predicted octanol–water partition coefficient (Wildman–Crippen LogP) is 5.27. The van der Waals surface area contributed by atoms with Crippen molar-refractivity contribution in [1.29, 1.82) is 0 Å². The maximum Gasteiger partial charge on any atom is 0.318 e. The zero-order valence-corrected chi connectivity index (χ0v) is 14.2. The third kappa shape index (κ3) is 11.3. The van der Waals surface area contributed by atoms with E-state index in [-0.39, 0.29) is 9.89 Å². The van der Waals surface area contributed by atoms with E-state index in [2.05, 4.69) is 29.5 Å². The molecule has 0 aliphatic rings. The third-order valence-corrected chi connectivity index (χ3v) is 4.40. The van der Waals surface area contributed by atoms with E-state index >= 15 is 0 Å². The maximum absolute atomic E-state index is 11.2. The third-order valence-electron chi connectivity index (χ3n) is 3.27. The molecule has 0 spiro atoms. The minimum Gasteiger partial charge on any atom is -0.468 e. The van der Waals surface area contributed by atoms with Gasteiger partial charge in [0.1, 0.15) is 3.92 Å². The van der Waals surface area contributed by atoms with Gasteiger partial charge >= 0.3 is 5.97 Å². The molecule has 0 aromatic heterocycles. The molecule has 0 aromatic rings. The van der Waals surface area contributed by atoms with Gasteiger partial charge in [0.2, 0.25) is 0 Å². The summed E-state index contributed by atoms with van der Waals surface area (Å²) in [7, 11) is 1.46. The Hall–Kier alpha value is 0.200. The lowest BCUT2D eigenvalue weighted by Crippen LogP contribution is -2.14. The second kappa shape index (κ2) is 13.6. The molecule has 1 unspecified atom stereocenters. The van der Waals surface area contributed by atoms with Crippen LogP contribution in [0.4, 0.5) is 0 Å². The normalized spacial score (nSPS) is 12.4. The quantitative estimate of drug-likeness (QED) is 0.203. The lowest BCUT2D eigenvalue weighted by atomic mass is 10.1. The van der Waals surface area contributed by atoms with Crippen molar-refractivity contribution in [3.63, 3.8) is 0 Å².